The van der Waals surface area contributed by atoms with Gasteiger partial charge in [-0.05, 0) is 45.2 Å². The quantitative estimate of drug-likeness (QED) is 0.482. The summed E-state index contributed by atoms with van der Waals surface area (Å²) in [6.07, 6.45) is 0. The molecular formula is C19H15Br. The molecule has 1 heteroatoms. The Hall–Kier alpha value is -1.60. The van der Waals surface area contributed by atoms with Crippen molar-refractivity contribution in [3.05, 3.63) is 70.2 Å². The summed E-state index contributed by atoms with van der Waals surface area (Å²) in [7, 11) is 0. The summed E-state index contributed by atoms with van der Waals surface area (Å²) in [4.78, 5) is 0. The molecule has 1 aliphatic rings. The van der Waals surface area contributed by atoms with E-state index in [1.54, 1.807) is 0 Å². The molecule has 0 radical (unpaired) electrons. The molecule has 20 heavy (non-hydrogen) atoms. The molecule has 0 saturated carbocycles. The molecule has 0 bridgehead atoms. The molecule has 0 fully saturated rings. The predicted octanol–water partition coefficient (Wildman–Crippen LogP) is 5.91. The third-order valence-electron chi connectivity index (χ3n) is 4.52. The summed E-state index contributed by atoms with van der Waals surface area (Å²) in [6, 6.07) is 19.9. The molecule has 0 unspecified atom stereocenters. The van der Waals surface area contributed by atoms with Crippen LogP contribution in [0.15, 0.2) is 59.1 Å². The van der Waals surface area contributed by atoms with Gasteiger partial charge in [-0.15, -0.1) is 0 Å². The van der Waals surface area contributed by atoms with Gasteiger partial charge in [-0.25, -0.2) is 0 Å². The number of fused-ring (bicyclic) bond motifs is 2. The normalized spacial score (nSPS) is 15.2. The highest BCUT2D eigenvalue weighted by Gasteiger charge is 2.32. The Morgan fingerprint density at radius 3 is 2.35 bits per heavy atom. The van der Waals surface area contributed by atoms with Crippen molar-refractivity contribution in [2.45, 2.75) is 19.3 Å². The molecule has 0 aliphatic heterocycles. The fourth-order valence-corrected chi connectivity index (χ4v) is 3.88. The van der Waals surface area contributed by atoms with Crippen molar-refractivity contribution in [2.75, 3.05) is 0 Å². The van der Waals surface area contributed by atoms with Crippen molar-refractivity contribution >= 4 is 26.7 Å². The number of benzene rings is 3. The molecule has 0 nitrogen and oxygen atoms in total. The van der Waals surface area contributed by atoms with Gasteiger partial charge in [0.2, 0.25) is 0 Å². The molecule has 0 saturated heterocycles. The van der Waals surface area contributed by atoms with E-state index in [0.29, 0.717) is 0 Å². The van der Waals surface area contributed by atoms with Crippen LogP contribution >= 0.6 is 15.9 Å². The van der Waals surface area contributed by atoms with Crippen LogP contribution in [0.3, 0.4) is 0 Å². The smallest absolute Gasteiger partial charge is 0.0181 e. The summed E-state index contributed by atoms with van der Waals surface area (Å²) in [5.41, 5.74) is 5.60. The van der Waals surface area contributed by atoms with Gasteiger partial charge in [-0.3, -0.25) is 0 Å². The summed E-state index contributed by atoms with van der Waals surface area (Å²) in [6.45, 7) is 4.65. The first-order valence-corrected chi connectivity index (χ1v) is 7.71. The number of hydrogen-bond donors (Lipinski definition) is 0. The Balaban J connectivity index is 2.26. The maximum absolute atomic E-state index is 3.62. The van der Waals surface area contributed by atoms with Gasteiger partial charge >= 0.3 is 0 Å². The fourth-order valence-electron chi connectivity index (χ4n) is 3.52. The van der Waals surface area contributed by atoms with E-state index in [-0.39, 0.29) is 5.41 Å². The van der Waals surface area contributed by atoms with Gasteiger partial charge in [0.1, 0.15) is 0 Å². The van der Waals surface area contributed by atoms with E-state index in [1.807, 2.05) is 0 Å². The van der Waals surface area contributed by atoms with Crippen molar-refractivity contribution in [1.82, 2.24) is 0 Å². The maximum atomic E-state index is 3.62. The van der Waals surface area contributed by atoms with Gasteiger partial charge in [-0.2, -0.15) is 0 Å². The summed E-state index contributed by atoms with van der Waals surface area (Å²) >= 11 is 3.62. The topological polar surface area (TPSA) is 0 Å². The monoisotopic (exact) mass is 322 g/mol. The highest BCUT2D eigenvalue weighted by Crippen LogP contribution is 2.48. The van der Waals surface area contributed by atoms with Crippen molar-refractivity contribution in [3.63, 3.8) is 0 Å². The second-order valence-corrected chi connectivity index (χ2v) is 6.94. The maximum Gasteiger partial charge on any atom is 0.0181 e. The molecule has 3 aromatic rings. The van der Waals surface area contributed by atoms with Gasteiger partial charge in [-0.1, -0.05) is 72.2 Å². The van der Waals surface area contributed by atoms with E-state index < -0.39 is 0 Å². The SMILES string of the molecule is CC1(C)c2ccc(Br)cc2-c2cccc3cccc1c23. The first-order chi connectivity index (χ1) is 9.59. The number of halogens is 1. The Morgan fingerprint density at radius 1 is 0.800 bits per heavy atom. The Morgan fingerprint density at radius 2 is 1.55 bits per heavy atom. The van der Waals surface area contributed by atoms with E-state index >= 15 is 0 Å². The molecule has 0 atom stereocenters. The number of hydrogen-bond acceptors (Lipinski definition) is 0. The van der Waals surface area contributed by atoms with Gasteiger partial charge in [0.15, 0.2) is 0 Å². The van der Waals surface area contributed by atoms with Crippen molar-refractivity contribution in [2.24, 2.45) is 0 Å². The van der Waals surface area contributed by atoms with Crippen molar-refractivity contribution in [1.29, 1.82) is 0 Å². The molecule has 4 rings (SSSR count). The van der Waals surface area contributed by atoms with Crippen LogP contribution in [0.5, 0.6) is 0 Å². The van der Waals surface area contributed by atoms with E-state index in [9.17, 15) is 0 Å². The van der Waals surface area contributed by atoms with E-state index in [4.69, 9.17) is 0 Å². The highest BCUT2D eigenvalue weighted by atomic mass is 79.9. The largest absolute Gasteiger partial charge is 0.0613 e. The lowest BCUT2D eigenvalue weighted by Crippen LogP contribution is -2.23. The average molecular weight is 323 g/mol. The Labute approximate surface area is 127 Å². The molecule has 3 aromatic carbocycles. The molecule has 0 spiro atoms. The van der Waals surface area contributed by atoms with Crippen LogP contribution in [-0.2, 0) is 5.41 Å². The molecule has 0 heterocycles. The second kappa shape index (κ2) is 3.95. The molecule has 0 N–H and O–H groups in total. The highest BCUT2D eigenvalue weighted by molar-refractivity contribution is 9.10. The Kier molecular flexibility index (Phi) is 2.41. The van der Waals surface area contributed by atoms with Crippen LogP contribution in [0.2, 0.25) is 0 Å². The van der Waals surface area contributed by atoms with Crippen LogP contribution < -0.4 is 0 Å². The van der Waals surface area contributed by atoms with Gasteiger partial charge < -0.3 is 0 Å². The summed E-state index contributed by atoms with van der Waals surface area (Å²) in [5.74, 6) is 0. The minimum Gasteiger partial charge on any atom is -0.0613 e. The lowest BCUT2D eigenvalue weighted by molar-refractivity contribution is 0.645. The summed E-state index contributed by atoms with van der Waals surface area (Å²) < 4.78 is 1.14. The van der Waals surface area contributed by atoms with Crippen LogP contribution in [0.1, 0.15) is 25.0 Å². The third kappa shape index (κ3) is 1.47. The van der Waals surface area contributed by atoms with Crippen LogP contribution in [0.4, 0.5) is 0 Å². The van der Waals surface area contributed by atoms with Gasteiger partial charge in [0.05, 0.1) is 0 Å². The first-order valence-electron chi connectivity index (χ1n) is 6.92. The molecule has 0 aromatic heterocycles. The number of rotatable bonds is 0. The third-order valence-corrected chi connectivity index (χ3v) is 5.02. The van der Waals surface area contributed by atoms with Crippen LogP contribution in [0.25, 0.3) is 21.9 Å². The van der Waals surface area contributed by atoms with Gasteiger partial charge in [0.25, 0.3) is 0 Å². The van der Waals surface area contributed by atoms with Crippen LogP contribution in [-0.4, -0.2) is 0 Å². The molecular weight excluding hydrogens is 308 g/mol. The molecule has 98 valence electrons. The first kappa shape index (κ1) is 12.2. The zero-order valence-corrected chi connectivity index (χ0v) is 13.2. The molecule has 0 amide bonds. The van der Waals surface area contributed by atoms with Crippen molar-refractivity contribution in [3.8, 4) is 11.1 Å². The lowest BCUT2D eigenvalue weighted by Gasteiger charge is -2.35. The average Bonchev–Trinajstić information content (AvgIpc) is 2.44. The van der Waals surface area contributed by atoms with E-state index in [1.165, 1.54) is 33.0 Å². The second-order valence-electron chi connectivity index (χ2n) is 6.02. The van der Waals surface area contributed by atoms with E-state index in [2.05, 4.69) is 84.4 Å². The van der Waals surface area contributed by atoms with Crippen molar-refractivity contribution < 1.29 is 0 Å². The Bertz CT molecular complexity index is 838. The van der Waals surface area contributed by atoms with E-state index in [0.717, 1.165) is 4.47 Å². The molecule has 1 aliphatic carbocycles. The zero-order chi connectivity index (χ0) is 13.9. The van der Waals surface area contributed by atoms with Gasteiger partial charge in [0, 0.05) is 9.89 Å². The fraction of sp³-hybridized carbons (Fsp3) is 0.158. The van der Waals surface area contributed by atoms with Crippen LogP contribution in [0, 0.1) is 0 Å². The predicted molar refractivity (Wildman–Crippen MR) is 89.2 cm³/mol. The lowest BCUT2D eigenvalue weighted by atomic mass is 9.68. The zero-order valence-electron chi connectivity index (χ0n) is 11.6. The summed E-state index contributed by atoms with van der Waals surface area (Å²) in [5, 5.41) is 2.74. The minimum absolute atomic E-state index is 0.0455. The minimum atomic E-state index is 0.0455. The standard InChI is InChI=1S/C19H15Br/c1-19(2)16-10-9-13(20)11-15(16)14-7-3-5-12-6-4-8-17(19)18(12)14/h3-11H,1-2H3.